The van der Waals surface area contributed by atoms with Gasteiger partial charge in [0.25, 0.3) is 0 Å². The fourth-order valence-electron chi connectivity index (χ4n) is 4.42. The largest absolute Gasteiger partial charge is 0.489 e. The lowest BCUT2D eigenvalue weighted by atomic mass is 9.69. The lowest BCUT2D eigenvalue weighted by Gasteiger charge is -2.38. The van der Waals surface area contributed by atoms with Crippen molar-refractivity contribution in [1.82, 2.24) is 5.32 Å². The second-order valence-electron chi connectivity index (χ2n) is 9.03. The third kappa shape index (κ3) is 4.25. The van der Waals surface area contributed by atoms with Crippen molar-refractivity contribution in [2.45, 2.75) is 46.1 Å². The molecule has 0 amide bonds. The van der Waals surface area contributed by atoms with Crippen LogP contribution >= 0.6 is 0 Å². The molecule has 31 heavy (non-hydrogen) atoms. The number of rotatable bonds is 4. The highest BCUT2D eigenvalue weighted by Gasteiger charge is 2.41. The van der Waals surface area contributed by atoms with Gasteiger partial charge in [0.05, 0.1) is 17.6 Å². The van der Waals surface area contributed by atoms with Gasteiger partial charge in [-0.2, -0.15) is 5.26 Å². The fraction of sp³-hybridized carbons (Fsp3) is 0.308. The minimum absolute atomic E-state index is 0.0978. The van der Waals surface area contributed by atoms with Gasteiger partial charge in [-0.15, -0.1) is 0 Å². The number of nitrogens with zero attached hydrogens (tertiary/aromatic N) is 1. The predicted octanol–water partition coefficient (Wildman–Crippen LogP) is 5.53. The van der Waals surface area contributed by atoms with Crippen LogP contribution in [0.25, 0.3) is 0 Å². The van der Waals surface area contributed by atoms with Crippen LogP contribution in [-0.4, -0.2) is 5.78 Å². The second-order valence-corrected chi connectivity index (χ2v) is 9.03. The summed E-state index contributed by atoms with van der Waals surface area (Å²) in [4.78, 5) is 13.1. The molecule has 2 aromatic rings. The third-order valence-electron chi connectivity index (χ3n) is 5.89. The first kappa shape index (κ1) is 20.9. The van der Waals surface area contributed by atoms with E-state index < -0.39 is 0 Å². The lowest BCUT2D eigenvalue weighted by Crippen LogP contribution is -2.36. The van der Waals surface area contributed by atoms with Crippen LogP contribution < -0.4 is 10.1 Å². The van der Waals surface area contributed by atoms with Crippen LogP contribution in [0, 0.1) is 22.6 Å². The summed E-state index contributed by atoms with van der Waals surface area (Å²) in [6.45, 7) is 6.41. The molecule has 0 saturated heterocycles. The Morgan fingerprint density at radius 1 is 1.13 bits per heavy atom. The van der Waals surface area contributed by atoms with Crippen molar-refractivity contribution in [2.24, 2.45) is 5.41 Å². The van der Waals surface area contributed by atoms with E-state index in [4.69, 9.17) is 4.74 Å². The maximum atomic E-state index is 13.1. The molecule has 5 heteroatoms. The quantitative estimate of drug-likeness (QED) is 0.712. The monoisotopic (exact) mass is 416 g/mol. The van der Waals surface area contributed by atoms with Gasteiger partial charge in [0.15, 0.2) is 5.78 Å². The summed E-state index contributed by atoms with van der Waals surface area (Å²) in [7, 11) is 0. The van der Waals surface area contributed by atoms with Crippen molar-refractivity contribution < 1.29 is 13.9 Å². The Labute approximate surface area is 182 Å². The minimum atomic E-state index is -0.365. The van der Waals surface area contributed by atoms with Gasteiger partial charge in [-0.3, -0.25) is 4.79 Å². The molecular formula is C26H25FN2O2. The topological polar surface area (TPSA) is 62.1 Å². The summed E-state index contributed by atoms with van der Waals surface area (Å²) < 4.78 is 18.9. The van der Waals surface area contributed by atoms with Gasteiger partial charge in [-0.1, -0.05) is 38.1 Å². The summed E-state index contributed by atoms with van der Waals surface area (Å²) in [6, 6.07) is 16.0. The molecule has 1 aliphatic carbocycles. The Hall–Kier alpha value is -3.39. The van der Waals surface area contributed by atoms with E-state index in [1.165, 1.54) is 12.1 Å². The number of ether oxygens (including phenoxy) is 1. The highest BCUT2D eigenvalue weighted by Crippen LogP contribution is 2.46. The Kier molecular flexibility index (Phi) is 5.41. The molecule has 0 bridgehead atoms. The minimum Gasteiger partial charge on any atom is -0.489 e. The lowest BCUT2D eigenvalue weighted by molar-refractivity contribution is -0.118. The van der Waals surface area contributed by atoms with E-state index in [9.17, 15) is 14.4 Å². The van der Waals surface area contributed by atoms with Gasteiger partial charge in [0.1, 0.15) is 18.2 Å². The van der Waals surface area contributed by atoms with E-state index in [2.05, 4.69) is 25.2 Å². The molecule has 0 radical (unpaired) electrons. The van der Waals surface area contributed by atoms with Crippen molar-refractivity contribution in [3.05, 3.63) is 88.0 Å². The number of nitriles is 1. The first-order chi connectivity index (χ1) is 14.8. The first-order valence-corrected chi connectivity index (χ1v) is 10.4. The number of hydrogen-bond donors (Lipinski definition) is 1. The van der Waals surface area contributed by atoms with Crippen LogP contribution in [0.1, 0.15) is 50.7 Å². The van der Waals surface area contributed by atoms with Crippen LogP contribution in [0.2, 0.25) is 0 Å². The number of nitrogens with one attached hydrogen (secondary N) is 1. The number of ketones is 1. The Bertz CT molecular complexity index is 1120. The normalized spacial score (nSPS) is 20.1. The first-order valence-electron chi connectivity index (χ1n) is 10.4. The maximum Gasteiger partial charge on any atom is 0.162 e. The zero-order valence-corrected chi connectivity index (χ0v) is 18.0. The smallest absolute Gasteiger partial charge is 0.162 e. The molecular weight excluding hydrogens is 391 g/mol. The van der Waals surface area contributed by atoms with Gasteiger partial charge < -0.3 is 10.1 Å². The summed E-state index contributed by atoms with van der Waals surface area (Å²) in [5.41, 5.74) is 4.68. The van der Waals surface area contributed by atoms with E-state index in [-0.39, 0.29) is 22.9 Å². The molecule has 0 spiro atoms. The van der Waals surface area contributed by atoms with Gasteiger partial charge in [0, 0.05) is 23.4 Å². The van der Waals surface area contributed by atoms with Crippen LogP contribution in [-0.2, 0) is 11.4 Å². The van der Waals surface area contributed by atoms with Crippen molar-refractivity contribution in [3.63, 3.8) is 0 Å². The summed E-state index contributed by atoms with van der Waals surface area (Å²) in [5, 5.41) is 13.1. The van der Waals surface area contributed by atoms with Crippen LogP contribution in [0.4, 0.5) is 4.39 Å². The fourth-order valence-corrected chi connectivity index (χ4v) is 4.42. The molecule has 2 aromatic carbocycles. The summed E-state index contributed by atoms with van der Waals surface area (Å²) in [5.74, 6) is 0.129. The number of halogens is 1. The number of carbonyl (C=O) groups is 1. The zero-order valence-electron chi connectivity index (χ0n) is 18.0. The molecule has 4 nitrogen and oxygen atoms in total. The molecule has 1 aliphatic heterocycles. The van der Waals surface area contributed by atoms with Crippen molar-refractivity contribution in [2.75, 3.05) is 0 Å². The molecule has 1 heterocycles. The standard InChI is InChI=1S/C26H25FN2O2/c1-16-21(14-28)24(25-22(29-16)12-26(2,3)13-23(25)30)18-6-10-20(11-7-18)31-15-17-4-8-19(27)9-5-17/h4-11,24,29H,12-13,15H2,1-3H3/t24-/m1/s1. The van der Waals surface area contributed by atoms with E-state index in [1.54, 1.807) is 12.1 Å². The molecule has 0 aromatic heterocycles. The van der Waals surface area contributed by atoms with Gasteiger partial charge >= 0.3 is 0 Å². The number of benzene rings is 2. The van der Waals surface area contributed by atoms with E-state index in [0.717, 1.165) is 28.9 Å². The molecule has 158 valence electrons. The summed E-state index contributed by atoms with van der Waals surface area (Å²) >= 11 is 0. The maximum absolute atomic E-state index is 13.1. The zero-order chi connectivity index (χ0) is 22.2. The van der Waals surface area contributed by atoms with E-state index >= 15 is 0 Å². The van der Waals surface area contributed by atoms with Crippen molar-refractivity contribution >= 4 is 5.78 Å². The number of carbonyl (C=O) groups excluding carboxylic acids is 1. The molecule has 1 N–H and O–H groups in total. The number of Topliss-reactive ketones (excluding diaryl/α,β-unsaturated/α-hetero) is 1. The Balaban J connectivity index is 1.61. The number of allylic oxidation sites excluding steroid dienone is 4. The Morgan fingerprint density at radius 3 is 2.45 bits per heavy atom. The highest BCUT2D eigenvalue weighted by atomic mass is 19.1. The molecule has 0 saturated carbocycles. The van der Waals surface area contributed by atoms with Crippen LogP contribution in [0.3, 0.4) is 0 Å². The van der Waals surface area contributed by atoms with Crippen LogP contribution in [0.15, 0.2) is 71.1 Å². The van der Waals surface area contributed by atoms with E-state index in [1.807, 2.05) is 31.2 Å². The molecule has 0 fully saturated rings. The SMILES string of the molecule is CC1=C(C#N)[C@@H](c2ccc(OCc3ccc(F)cc3)cc2)C2=C(CC(C)(C)CC2=O)N1. The van der Waals surface area contributed by atoms with E-state index in [0.29, 0.717) is 29.9 Å². The van der Waals surface area contributed by atoms with Gasteiger partial charge in [-0.25, -0.2) is 4.39 Å². The molecule has 0 unspecified atom stereocenters. The molecule has 1 atom stereocenters. The summed E-state index contributed by atoms with van der Waals surface area (Å²) in [6.07, 6.45) is 1.25. The highest BCUT2D eigenvalue weighted by molar-refractivity contribution is 6.00. The van der Waals surface area contributed by atoms with Gasteiger partial charge in [0.2, 0.25) is 0 Å². The van der Waals surface area contributed by atoms with Crippen LogP contribution in [0.5, 0.6) is 5.75 Å². The van der Waals surface area contributed by atoms with Gasteiger partial charge in [-0.05, 0) is 54.2 Å². The molecule has 4 rings (SSSR count). The van der Waals surface area contributed by atoms with Crippen molar-refractivity contribution in [3.8, 4) is 11.8 Å². The Morgan fingerprint density at radius 2 is 1.81 bits per heavy atom. The predicted molar refractivity (Wildman–Crippen MR) is 116 cm³/mol. The average molecular weight is 416 g/mol. The number of hydrogen-bond acceptors (Lipinski definition) is 4. The van der Waals surface area contributed by atoms with Crippen molar-refractivity contribution in [1.29, 1.82) is 5.26 Å². The second kappa shape index (κ2) is 8.03. The number of dihydropyridines is 1. The molecule has 2 aliphatic rings. The third-order valence-corrected chi connectivity index (χ3v) is 5.89. The average Bonchev–Trinajstić information content (AvgIpc) is 2.72.